The number of aliphatic hydroxyl groups is 1. The molecule has 1 fully saturated rings. The maximum absolute atomic E-state index is 13.7. The zero-order valence-corrected chi connectivity index (χ0v) is 18.3. The predicted molar refractivity (Wildman–Crippen MR) is 115 cm³/mol. The lowest BCUT2D eigenvalue weighted by molar-refractivity contribution is -0.159. The number of nitrogen functional groups attached to an aromatic ring is 1. The number of rotatable bonds is 9. The Morgan fingerprint density at radius 3 is 2.91 bits per heavy atom. The Morgan fingerprint density at radius 1 is 1.56 bits per heavy atom. The second-order valence-corrected chi connectivity index (χ2v) is 8.10. The van der Waals surface area contributed by atoms with E-state index in [4.69, 9.17) is 21.6 Å². The number of halogens is 1. The second kappa shape index (κ2) is 9.22. The molecule has 9 nitrogen and oxygen atoms in total. The largest absolute Gasteiger partial charge is 0.461 e. The van der Waals surface area contributed by atoms with Crippen molar-refractivity contribution in [2.24, 2.45) is 5.41 Å². The molecule has 2 aromatic rings. The Bertz CT molecular complexity index is 1040. The van der Waals surface area contributed by atoms with Crippen LogP contribution in [0.2, 0.25) is 0 Å². The van der Waals surface area contributed by atoms with Crippen LogP contribution < -0.4 is 5.73 Å². The summed E-state index contributed by atoms with van der Waals surface area (Å²) < 4.78 is 26.5. The molecule has 0 aliphatic carbocycles. The highest BCUT2D eigenvalue weighted by Gasteiger charge is 2.49. The number of imidazole rings is 1. The van der Waals surface area contributed by atoms with Gasteiger partial charge in [0.1, 0.15) is 18.9 Å². The van der Waals surface area contributed by atoms with Gasteiger partial charge in [0.2, 0.25) is 0 Å². The minimum absolute atomic E-state index is 0.0586. The van der Waals surface area contributed by atoms with Crippen LogP contribution >= 0.6 is 0 Å². The van der Waals surface area contributed by atoms with Gasteiger partial charge < -0.3 is 20.3 Å². The molecule has 0 radical (unpaired) electrons. The van der Waals surface area contributed by atoms with Crippen molar-refractivity contribution in [3.05, 3.63) is 25.1 Å². The molecule has 10 heteroatoms. The molecule has 0 bridgehead atoms. The third-order valence-corrected chi connectivity index (χ3v) is 6.33. The number of allylic oxidation sites excluding steroid dienone is 1. The predicted octanol–water partition coefficient (Wildman–Crippen LogP) is 2.52. The SMILES string of the molecule is C#C[C@]1(COC(=O)CC(CC)(CC)CC=C)O[C@@H](n2cnc3c(N)nc(F)nc32)C[C@@H]1O. The van der Waals surface area contributed by atoms with E-state index in [1.54, 1.807) is 6.08 Å². The quantitative estimate of drug-likeness (QED) is 0.261. The maximum atomic E-state index is 13.7. The third-order valence-electron chi connectivity index (χ3n) is 6.33. The number of terminal acetylenes is 1. The van der Waals surface area contributed by atoms with Gasteiger partial charge in [-0.2, -0.15) is 14.4 Å². The molecule has 1 saturated heterocycles. The molecule has 2 aromatic heterocycles. The second-order valence-electron chi connectivity index (χ2n) is 8.10. The summed E-state index contributed by atoms with van der Waals surface area (Å²) in [5, 5.41) is 10.7. The summed E-state index contributed by atoms with van der Waals surface area (Å²) in [5.41, 5.74) is 4.21. The zero-order valence-electron chi connectivity index (χ0n) is 18.3. The van der Waals surface area contributed by atoms with E-state index in [0.717, 1.165) is 12.8 Å². The molecule has 3 heterocycles. The van der Waals surface area contributed by atoms with Crippen molar-refractivity contribution in [1.29, 1.82) is 0 Å². The highest BCUT2D eigenvalue weighted by atomic mass is 19.1. The van der Waals surface area contributed by atoms with Crippen molar-refractivity contribution in [3.63, 3.8) is 0 Å². The Kier molecular flexibility index (Phi) is 6.81. The summed E-state index contributed by atoms with van der Waals surface area (Å²) in [4.78, 5) is 23.8. The summed E-state index contributed by atoms with van der Waals surface area (Å²) in [5.74, 6) is 1.89. The number of carbonyl (C=O) groups is 1. The van der Waals surface area contributed by atoms with Gasteiger partial charge in [-0.3, -0.25) is 9.36 Å². The van der Waals surface area contributed by atoms with Gasteiger partial charge in [-0.1, -0.05) is 25.8 Å². The minimum atomic E-state index is -1.56. The van der Waals surface area contributed by atoms with Gasteiger partial charge in [0, 0.05) is 6.42 Å². The topological polar surface area (TPSA) is 125 Å². The first kappa shape index (κ1) is 23.6. The number of nitrogens with two attached hydrogens (primary N) is 1. The molecule has 0 saturated carbocycles. The lowest BCUT2D eigenvalue weighted by atomic mass is 9.76. The van der Waals surface area contributed by atoms with Crippen molar-refractivity contribution in [2.75, 3.05) is 12.3 Å². The molecule has 0 amide bonds. The van der Waals surface area contributed by atoms with E-state index in [2.05, 4.69) is 27.5 Å². The number of hydrogen-bond acceptors (Lipinski definition) is 8. The molecule has 3 atom stereocenters. The van der Waals surface area contributed by atoms with Crippen molar-refractivity contribution in [1.82, 2.24) is 19.5 Å². The molecule has 0 aromatic carbocycles. The summed E-state index contributed by atoms with van der Waals surface area (Å²) >= 11 is 0. The van der Waals surface area contributed by atoms with Crippen LogP contribution in [0, 0.1) is 23.8 Å². The van der Waals surface area contributed by atoms with Gasteiger partial charge >= 0.3 is 12.0 Å². The van der Waals surface area contributed by atoms with E-state index in [-0.39, 0.29) is 41.8 Å². The van der Waals surface area contributed by atoms with Crippen LogP contribution in [-0.2, 0) is 14.3 Å². The van der Waals surface area contributed by atoms with Crippen LogP contribution in [0.3, 0.4) is 0 Å². The Balaban J connectivity index is 1.76. The summed E-state index contributed by atoms with van der Waals surface area (Å²) in [6.45, 7) is 7.49. The van der Waals surface area contributed by atoms with Crippen LogP contribution in [0.5, 0.6) is 0 Å². The lowest BCUT2D eigenvalue weighted by Crippen LogP contribution is -2.43. The fourth-order valence-electron chi connectivity index (χ4n) is 4.06. The number of aliphatic hydroxyl groups excluding tert-OH is 1. The fourth-order valence-corrected chi connectivity index (χ4v) is 4.06. The molecule has 172 valence electrons. The van der Waals surface area contributed by atoms with Gasteiger partial charge in [0.25, 0.3) is 0 Å². The monoisotopic (exact) mass is 445 g/mol. The molecule has 0 unspecified atom stereocenters. The normalized spacial score (nSPS) is 23.2. The number of esters is 1. The van der Waals surface area contributed by atoms with Crippen LogP contribution in [0.4, 0.5) is 10.2 Å². The van der Waals surface area contributed by atoms with E-state index in [1.165, 1.54) is 10.9 Å². The smallest absolute Gasteiger partial charge is 0.312 e. The van der Waals surface area contributed by atoms with Crippen molar-refractivity contribution in [2.45, 2.75) is 63.9 Å². The van der Waals surface area contributed by atoms with Gasteiger partial charge in [-0.05, 0) is 24.7 Å². The summed E-state index contributed by atoms with van der Waals surface area (Å²) in [7, 11) is 0. The number of aromatic nitrogens is 4. The lowest BCUT2D eigenvalue weighted by Gasteiger charge is -2.31. The first-order chi connectivity index (χ1) is 15.2. The van der Waals surface area contributed by atoms with Crippen molar-refractivity contribution < 1.29 is 23.8 Å². The Labute approximate surface area is 185 Å². The molecule has 1 aliphatic heterocycles. The van der Waals surface area contributed by atoms with E-state index >= 15 is 0 Å². The van der Waals surface area contributed by atoms with Crippen LogP contribution in [0.25, 0.3) is 11.2 Å². The standard InChI is InChI=1S/C22H28FN5O4/c1-5-9-21(6-2,7-3)11-16(30)31-12-22(8-4)14(29)10-15(32-22)28-13-25-17-18(24)26-20(23)27-19(17)28/h4-5,13-15,29H,1,6-7,9-12H2,2-3H3,(H2,24,26,27)/t14-,15+,22+/m0/s1. The molecular weight excluding hydrogens is 417 g/mol. The molecule has 3 rings (SSSR count). The number of nitrogens with zero attached hydrogens (tertiary/aromatic N) is 4. The highest BCUT2D eigenvalue weighted by Crippen LogP contribution is 2.39. The average Bonchev–Trinajstić information content (AvgIpc) is 3.33. The first-order valence-electron chi connectivity index (χ1n) is 10.5. The molecule has 32 heavy (non-hydrogen) atoms. The Morgan fingerprint density at radius 2 is 2.28 bits per heavy atom. The average molecular weight is 445 g/mol. The number of fused-ring (bicyclic) bond motifs is 1. The maximum Gasteiger partial charge on any atom is 0.312 e. The van der Waals surface area contributed by atoms with E-state index in [9.17, 15) is 14.3 Å². The van der Waals surface area contributed by atoms with Crippen molar-refractivity contribution in [3.8, 4) is 12.3 Å². The Hall–Kier alpha value is -3.03. The van der Waals surface area contributed by atoms with Crippen molar-refractivity contribution >= 4 is 23.0 Å². The number of ether oxygens (including phenoxy) is 2. The first-order valence-corrected chi connectivity index (χ1v) is 10.5. The van der Waals surface area contributed by atoms with Crippen LogP contribution in [0.1, 0.15) is 52.2 Å². The molecule has 3 N–H and O–H groups in total. The summed E-state index contributed by atoms with van der Waals surface area (Å²) in [6, 6.07) is 0. The number of anilines is 1. The molecule has 0 spiro atoms. The summed E-state index contributed by atoms with van der Waals surface area (Å²) in [6.07, 6.45) is 8.40. The van der Waals surface area contributed by atoms with E-state index in [1.807, 2.05) is 13.8 Å². The van der Waals surface area contributed by atoms with E-state index < -0.39 is 30.0 Å². The third kappa shape index (κ3) is 4.31. The minimum Gasteiger partial charge on any atom is -0.461 e. The van der Waals surface area contributed by atoms with E-state index in [0.29, 0.717) is 6.42 Å². The molecule has 1 aliphatic rings. The van der Waals surface area contributed by atoms with Gasteiger partial charge in [-0.15, -0.1) is 13.0 Å². The number of carbonyl (C=O) groups excluding carboxylic acids is 1. The fraction of sp³-hybridized carbons (Fsp3) is 0.545. The van der Waals surface area contributed by atoms with Gasteiger partial charge in [-0.25, -0.2) is 4.98 Å². The van der Waals surface area contributed by atoms with Gasteiger partial charge in [0.05, 0.1) is 12.7 Å². The van der Waals surface area contributed by atoms with Crippen LogP contribution in [-0.4, -0.2) is 48.9 Å². The highest BCUT2D eigenvalue weighted by molar-refractivity contribution is 5.81. The van der Waals surface area contributed by atoms with Crippen LogP contribution in [0.15, 0.2) is 19.0 Å². The number of hydrogen-bond donors (Lipinski definition) is 2. The molecular formula is C22H28FN5O4. The van der Waals surface area contributed by atoms with Gasteiger partial charge in [0.15, 0.2) is 22.6 Å². The zero-order chi connectivity index (χ0) is 23.5.